The van der Waals surface area contributed by atoms with Gasteiger partial charge in [-0.25, -0.2) is 5.01 Å². The van der Waals surface area contributed by atoms with Crippen LogP contribution in [0, 0.1) is 17.9 Å². The summed E-state index contributed by atoms with van der Waals surface area (Å²) in [6, 6.07) is 7.46. The van der Waals surface area contributed by atoms with Crippen LogP contribution in [0.5, 0.6) is 0 Å². The largest absolute Gasteiger partial charge is 0.289 e. The fourth-order valence-electron chi connectivity index (χ4n) is 0.859. The lowest BCUT2D eigenvalue weighted by Crippen LogP contribution is -2.10. The summed E-state index contributed by atoms with van der Waals surface area (Å²) in [7, 11) is 0. The molecule has 0 unspecified atom stereocenters. The Balaban J connectivity index is 2.94. The predicted octanol–water partition coefficient (Wildman–Crippen LogP) is 2.35. The zero-order valence-electron chi connectivity index (χ0n) is 6.78. The van der Waals surface area contributed by atoms with Crippen molar-refractivity contribution in [3.05, 3.63) is 29.8 Å². The van der Waals surface area contributed by atoms with Gasteiger partial charge in [-0.3, -0.25) is 5.41 Å². The summed E-state index contributed by atoms with van der Waals surface area (Å²) in [6.07, 6.45) is 0.998. The minimum atomic E-state index is 0.727. The van der Waals surface area contributed by atoms with E-state index in [9.17, 15) is 0 Å². The number of benzene rings is 1. The zero-order valence-corrected chi connectivity index (χ0v) is 6.78. The van der Waals surface area contributed by atoms with Gasteiger partial charge in [-0.1, -0.05) is 22.9 Å². The molecule has 1 aromatic rings. The normalized spacial score (nSPS) is 9.08. The minimum absolute atomic E-state index is 0.727. The summed E-state index contributed by atoms with van der Waals surface area (Å²) in [5.74, 6) is 0. The molecular weight excluding hydrogens is 152 g/mol. The molecule has 1 aromatic carbocycles. The number of hydrogen-bond donors (Lipinski definition) is 2. The van der Waals surface area contributed by atoms with Gasteiger partial charge in [0, 0.05) is 0 Å². The van der Waals surface area contributed by atoms with Gasteiger partial charge in [-0.05, 0) is 19.1 Å². The number of nitrogens with zero attached hydrogens (tertiary/aromatic N) is 2. The van der Waals surface area contributed by atoms with Crippen molar-refractivity contribution in [2.45, 2.75) is 6.92 Å². The first-order chi connectivity index (χ1) is 5.77. The average molecular weight is 162 g/mol. The van der Waals surface area contributed by atoms with E-state index in [1.807, 2.05) is 31.2 Å². The van der Waals surface area contributed by atoms with Crippen LogP contribution in [0.2, 0.25) is 0 Å². The lowest BCUT2D eigenvalue weighted by atomic mass is 10.2. The average Bonchev–Trinajstić information content (AvgIpc) is 2.10. The maximum Gasteiger partial charge on any atom is 0.110 e. The number of nitrogens with one attached hydrogen (secondary N) is 2. The second-order valence-corrected chi connectivity index (χ2v) is 2.41. The third kappa shape index (κ3) is 1.66. The standard InChI is InChI=1S/C8H10N4/c1-7-2-4-8(5-3-7)12(6-9)11-10/h2-6,9-10H,1H3. The topological polar surface area (TPSA) is 63.3 Å². The van der Waals surface area contributed by atoms with Crippen molar-refractivity contribution in [1.29, 1.82) is 10.9 Å². The van der Waals surface area contributed by atoms with E-state index in [0.29, 0.717) is 0 Å². The molecule has 62 valence electrons. The van der Waals surface area contributed by atoms with E-state index in [2.05, 4.69) is 5.22 Å². The molecule has 0 aliphatic carbocycles. The minimum Gasteiger partial charge on any atom is -0.289 e. The first-order valence-corrected chi connectivity index (χ1v) is 3.52. The highest BCUT2D eigenvalue weighted by molar-refractivity contribution is 5.75. The van der Waals surface area contributed by atoms with E-state index in [-0.39, 0.29) is 0 Å². The molecule has 0 saturated carbocycles. The van der Waals surface area contributed by atoms with Crippen molar-refractivity contribution in [3.8, 4) is 0 Å². The predicted molar refractivity (Wildman–Crippen MR) is 47.6 cm³/mol. The number of rotatable bonds is 3. The van der Waals surface area contributed by atoms with Gasteiger partial charge in [0.2, 0.25) is 0 Å². The van der Waals surface area contributed by atoms with E-state index in [4.69, 9.17) is 10.9 Å². The molecule has 4 nitrogen and oxygen atoms in total. The van der Waals surface area contributed by atoms with Crippen molar-refractivity contribution in [2.75, 3.05) is 5.01 Å². The Kier molecular flexibility index (Phi) is 2.53. The first kappa shape index (κ1) is 8.39. The number of aryl methyl sites for hydroxylation is 1. The highest BCUT2D eigenvalue weighted by Gasteiger charge is 1.98. The van der Waals surface area contributed by atoms with Gasteiger partial charge >= 0.3 is 0 Å². The molecular formula is C8H10N4. The van der Waals surface area contributed by atoms with E-state index in [0.717, 1.165) is 17.6 Å². The van der Waals surface area contributed by atoms with Gasteiger partial charge in [-0.15, -0.1) is 0 Å². The van der Waals surface area contributed by atoms with E-state index < -0.39 is 0 Å². The summed E-state index contributed by atoms with van der Waals surface area (Å²) >= 11 is 0. The molecule has 1 rings (SSSR count). The summed E-state index contributed by atoms with van der Waals surface area (Å²) in [5, 5.41) is 11.3. The Bertz CT molecular complexity index is 270. The van der Waals surface area contributed by atoms with Crippen LogP contribution in [0.3, 0.4) is 0 Å². The van der Waals surface area contributed by atoms with E-state index in [1.54, 1.807) is 0 Å². The Morgan fingerprint density at radius 3 is 2.33 bits per heavy atom. The third-order valence-electron chi connectivity index (χ3n) is 1.53. The summed E-state index contributed by atoms with van der Waals surface area (Å²) in [4.78, 5) is 0. The lowest BCUT2D eigenvalue weighted by Gasteiger charge is -2.09. The van der Waals surface area contributed by atoms with Crippen molar-refractivity contribution < 1.29 is 0 Å². The van der Waals surface area contributed by atoms with Crippen LogP contribution in [0.25, 0.3) is 0 Å². The Morgan fingerprint density at radius 2 is 1.92 bits per heavy atom. The maximum absolute atomic E-state index is 6.94. The highest BCUT2D eigenvalue weighted by Crippen LogP contribution is 2.13. The zero-order chi connectivity index (χ0) is 8.97. The molecule has 0 aromatic heterocycles. The number of hydrogen-bond acceptors (Lipinski definition) is 3. The molecule has 0 fully saturated rings. The smallest absolute Gasteiger partial charge is 0.110 e. The van der Waals surface area contributed by atoms with Gasteiger partial charge in [0.05, 0.1) is 5.69 Å². The summed E-state index contributed by atoms with van der Waals surface area (Å²) < 4.78 is 0. The lowest BCUT2D eigenvalue weighted by molar-refractivity contribution is 0.952. The molecule has 12 heavy (non-hydrogen) atoms. The maximum atomic E-state index is 6.94. The van der Waals surface area contributed by atoms with Crippen LogP contribution >= 0.6 is 0 Å². The van der Waals surface area contributed by atoms with Gasteiger partial charge in [-0.2, -0.15) is 5.53 Å². The molecule has 0 bridgehead atoms. The summed E-state index contributed by atoms with van der Waals surface area (Å²) in [6.45, 7) is 1.98. The monoisotopic (exact) mass is 162 g/mol. The van der Waals surface area contributed by atoms with Crippen LogP contribution in [-0.4, -0.2) is 6.34 Å². The quantitative estimate of drug-likeness (QED) is 0.304. The van der Waals surface area contributed by atoms with E-state index in [1.165, 1.54) is 5.01 Å². The van der Waals surface area contributed by atoms with Gasteiger partial charge < -0.3 is 0 Å². The van der Waals surface area contributed by atoms with Gasteiger partial charge in [0.25, 0.3) is 0 Å². The summed E-state index contributed by atoms with van der Waals surface area (Å²) in [5.41, 5.74) is 8.63. The van der Waals surface area contributed by atoms with Gasteiger partial charge in [0.15, 0.2) is 0 Å². The molecule has 0 spiro atoms. The molecule has 0 amide bonds. The fraction of sp³-hybridized carbons (Fsp3) is 0.125. The molecule has 0 atom stereocenters. The van der Waals surface area contributed by atoms with Crippen LogP contribution in [-0.2, 0) is 0 Å². The second kappa shape index (κ2) is 3.61. The van der Waals surface area contributed by atoms with Crippen LogP contribution in [0.15, 0.2) is 29.5 Å². The van der Waals surface area contributed by atoms with Crippen LogP contribution < -0.4 is 5.01 Å². The van der Waals surface area contributed by atoms with Crippen molar-refractivity contribution >= 4 is 12.0 Å². The molecule has 0 heterocycles. The van der Waals surface area contributed by atoms with Gasteiger partial charge in [0.1, 0.15) is 6.34 Å². The first-order valence-electron chi connectivity index (χ1n) is 3.52. The molecule has 0 aliphatic heterocycles. The molecule has 0 aliphatic rings. The molecule has 0 radical (unpaired) electrons. The van der Waals surface area contributed by atoms with E-state index >= 15 is 0 Å². The fourth-order valence-corrected chi connectivity index (χ4v) is 0.859. The Morgan fingerprint density at radius 1 is 1.33 bits per heavy atom. The molecule has 0 saturated heterocycles. The van der Waals surface area contributed by atoms with Crippen molar-refractivity contribution in [3.63, 3.8) is 0 Å². The van der Waals surface area contributed by atoms with Crippen molar-refractivity contribution in [1.82, 2.24) is 0 Å². The van der Waals surface area contributed by atoms with Crippen molar-refractivity contribution in [2.24, 2.45) is 5.22 Å². The highest BCUT2D eigenvalue weighted by atomic mass is 15.5. The van der Waals surface area contributed by atoms with Crippen LogP contribution in [0.1, 0.15) is 5.56 Å². The molecule has 4 heteroatoms. The SMILES string of the molecule is Cc1ccc(N(C=N)N=N)cc1. The van der Waals surface area contributed by atoms with Crippen LogP contribution in [0.4, 0.5) is 5.69 Å². The number of anilines is 1. The Labute approximate surface area is 70.8 Å². The third-order valence-corrected chi connectivity index (χ3v) is 1.53. The molecule has 2 N–H and O–H groups in total. The Hall–Kier alpha value is -1.71. The second-order valence-electron chi connectivity index (χ2n) is 2.41.